The lowest BCUT2D eigenvalue weighted by Gasteiger charge is -2.11. The summed E-state index contributed by atoms with van der Waals surface area (Å²) in [6, 6.07) is 15.7. The zero-order valence-corrected chi connectivity index (χ0v) is 15.0. The first-order valence-corrected chi connectivity index (χ1v) is 8.64. The molecule has 0 radical (unpaired) electrons. The van der Waals surface area contributed by atoms with Gasteiger partial charge in [-0.1, -0.05) is 43.3 Å². The van der Waals surface area contributed by atoms with Gasteiger partial charge in [-0.2, -0.15) is 0 Å². The molecule has 1 heterocycles. The summed E-state index contributed by atoms with van der Waals surface area (Å²) in [7, 11) is 0. The van der Waals surface area contributed by atoms with Crippen LogP contribution in [0.3, 0.4) is 0 Å². The molecule has 5 nitrogen and oxygen atoms in total. The molecule has 0 aliphatic carbocycles. The number of fused-ring (bicyclic) bond motifs is 1. The van der Waals surface area contributed by atoms with Crippen molar-refractivity contribution in [2.75, 3.05) is 0 Å². The monoisotopic (exact) mass is 350 g/mol. The summed E-state index contributed by atoms with van der Waals surface area (Å²) in [4.78, 5) is 23.2. The van der Waals surface area contributed by atoms with E-state index in [0.29, 0.717) is 12.3 Å². The van der Waals surface area contributed by atoms with Crippen LogP contribution in [0.2, 0.25) is 0 Å². The molecule has 0 aliphatic heterocycles. The number of nitrogens with two attached hydrogens (primary N) is 1. The number of amides is 1. The minimum Gasteiger partial charge on any atom is -0.426 e. The average molecular weight is 350 g/mol. The lowest BCUT2D eigenvalue weighted by atomic mass is 10.0. The fourth-order valence-corrected chi connectivity index (χ4v) is 3.46. The maximum absolute atomic E-state index is 11.7. The van der Waals surface area contributed by atoms with Gasteiger partial charge in [-0.3, -0.25) is 9.59 Å². The van der Waals surface area contributed by atoms with Gasteiger partial charge in [0.15, 0.2) is 0 Å². The third kappa shape index (κ3) is 3.47. The van der Waals surface area contributed by atoms with Crippen molar-refractivity contribution < 1.29 is 14.3 Å². The summed E-state index contributed by atoms with van der Waals surface area (Å²) < 4.78 is 7.58. The van der Waals surface area contributed by atoms with Crippen molar-refractivity contribution in [2.45, 2.75) is 33.2 Å². The molecule has 26 heavy (non-hydrogen) atoms. The van der Waals surface area contributed by atoms with E-state index in [0.717, 1.165) is 34.1 Å². The molecule has 0 spiro atoms. The Kier molecular flexibility index (Phi) is 5.07. The second-order valence-electron chi connectivity index (χ2n) is 6.24. The Balaban J connectivity index is 2.26. The molecule has 0 bridgehead atoms. The van der Waals surface area contributed by atoms with Gasteiger partial charge in [-0.05, 0) is 29.7 Å². The summed E-state index contributed by atoms with van der Waals surface area (Å²) in [6.45, 7) is 4.09. The van der Waals surface area contributed by atoms with E-state index in [2.05, 4.69) is 16.7 Å². The molecule has 5 heteroatoms. The van der Waals surface area contributed by atoms with Crippen LogP contribution in [-0.4, -0.2) is 16.4 Å². The first kappa shape index (κ1) is 17.7. The summed E-state index contributed by atoms with van der Waals surface area (Å²) >= 11 is 0. The number of esters is 1. The highest BCUT2D eigenvalue weighted by Gasteiger charge is 2.21. The first-order valence-electron chi connectivity index (χ1n) is 8.64. The van der Waals surface area contributed by atoms with Crippen LogP contribution in [0.15, 0.2) is 48.5 Å². The highest BCUT2D eigenvalue weighted by molar-refractivity contribution is 5.96. The average Bonchev–Trinajstić information content (AvgIpc) is 2.88. The SMILES string of the molecule is CCc1c(CC(N)=O)c2c(OC(C)=O)cccc2n1Cc1ccccc1. The Morgan fingerprint density at radius 1 is 1.08 bits per heavy atom. The van der Waals surface area contributed by atoms with E-state index in [4.69, 9.17) is 10.5 Å². The van der Waals surface area contributed by atoms with Crippen LogP contribution in [0.4, 0.5) is 0 Å². The Labute approximate surface area is 152 Å². The van der Waals surface area contributed by atoms with E-state index < -0.39 is 11.9 Å². The number of rotatable bonds is 6. The number of hydrogen-bond donors (Lipinski definition) is 1. The lowest BCUT2D eigenvalue weighted by Crippen LogP contribution is -2.15. The fraction of sp³-hybridized carbons (Fsp3) is 0.238. The molecule has 0 fully saturated rings. The number of nitrogens with zero attached hydrogens (tertiary/aromatic N) is 1. The van der Waals surface area contributed by atoms with Gasteiger partial charge in [0.25, 0.3) is 0 Å². The first-order chi connectivity index (χ1) is 12.5. The molecular formula is C21H22N2O3. The van der Waals surface area contributed by atoms with Gasteiger partial charge < -0.3 is 15.0 Å². The highest BCUT2D eigenvalue weighted by atomic mass is 16.5. The molecule has 1 amide bonds. The number of carbonyl (C=O) groups excluding carboxylic acids is 2. The van der Waals surface area contributed by atoms with Crippen molar-refractivity contribution >= 4 is 22.8 Å². The normalized spacial score (nSPS) is 10.8. The number of primary amides is 1. The zero-order chi connectivity index (χ0) is 18.7. The largest absolute Gasteiger partial charge is 0.426 e. The summed E-state index contributed by atoms with van der Waals surface area (Å²) in [5.41, 5.74) is 9.45. The summed E-state index contributed by atoms with van der Waals surface area (Å²) in [5.74, 6) is -0.333. The molecule has 3 aromatic rings. The van der Waals surface area contributed by atoms with Crippen LogP contribution in [0.5, 0.6) is 5.75 Å². The third-order valence-electron chi connectivity index (χ3n) is 4.39. The van der Waals surface area contributed by atoms with Crippen LogP contribution < -0.4 is 10.5 Å². The van der Waals surface area contributed by atoms with Gasteiger partial charge in [0.2, 0.25) is 5.91 Å². The summed E-state index contributed by atoms with van der Waals surface area (Å²) in [5, 5.41) is 0.786. The van der Waals surface area contributed by atoms with Gasteiger partial charge in [-0.25, -0.2) is 0 Å². The minimum atomic E-state index is -0.406. The van der Waals surface area contributed by atoms with E-state index in [-0.39, 0.29) is 6.42 Å². The molecule has 0 atom stereocenters. The molecule has 2 aromatic carbocycles. The predicted molar refractivity (Wildman–Crippen MR) is 101 cm³/mol. The molecule has 0 aliphatic rings. The van der Waals surface area contributed by atoms with Gasteiger partial charge in [0.1, 0.15) is 5.75 Å². The molecule has 1 aromatic heterocycles. The quantitative estimate of drug-likeness (QED) is 0.548. The van der Waals surface area contributed by atoms with E-state index >= 15 is 0 Å². The molecule has 0 saturated carbocycles. The lowest BCUT2D eigenvalue weighted by molar-refractivity contribution is -0.131. The van der Waals surface area contributed by atoms with E-state index in [1.165, 1.54) is 6.92 Å². The smallest absolute Gasteiger partial charge is 0.308 e. The molecule has 0 saturated heterocycles. The molecular weight excluding hydrogens is 328 g/mol. The third-order valence-corrected chi connectivity index (χ3v) is 4.39. The van der Waals surface area contributed by atoms with Crippen molar-refractivity contribution in [3.63, 3.8) is 0 Å². The van der Waals surface area contributed by atoms with Crippen molar-refractivity contribution in [3.8, 4) is 5.75 Å². The second kappa shape index (κ2) is 7.44. The molecule has 0 unspecified atom stereocenters. The van der Waals surface area contributed by atoms with Gasteiger partial charge in [-0.15, -0.1) is 0 Å². The Hall–Kier alpha value is -3.08. The standard InChI is InChI=1S/C21H22N2O3/c1-3-17-16(12-20(22)25)21-18(10-7-11-19(21)26-14(2)24)23(17)13-15-8-5-4-6-9-15/h4-11H,3,12-13H2,1-2H3,(H2,22,25). The van der Waals surface area contributed by atoms with E-state index in [1.54, 1.807) is 6.07 Å². The number of hydrogen-bond acceptors (Lipinski definition) is 3. The number of ether oxygens (including phenoxy) is 1. The molecule has 2 N–H and O–H groups in total. The Morgan fingerprint density at radius 2 is 1.81 bits per heavy atom. The Bertz CT molecular complexity index is 958. The van der Waals surface area contributed by atoms with Gasteiger partial charge >= 0.3 is 5.97 Å². The van der Waals surface area contributed by atoms with Crippen LogP contribution >= 0.6 is 0 Å². The van der Waals surface area contributed by atoms with Crippen molar-refractivity contribution in [3.05, 3.63) is 65.4 Å². The predicted octanol–water partition coefficient (Wildman–Crippen LogP) is 3.21. The Morgan fingerprint density at radius 3 is 2.42 bits per heavy atom. The molecule has 3 rings (SSSR count). The topological polar surface area (TPSA) is 74.3 Å². The molecule has 134 valence electrons. The van der Waals surface area contributed by atoms with Crippen molar-refractivity contribution in [1.29, 1.82) is 0 Å². The number of benzene rings is 2. The number of carbonyl (C=O) groups is 2. The van der Waals surface area contributed by atoms with Crippen LogP contribution in [0.25, 0.3) is 10.9 Å². The maximum atomic E-state index is 11.7. The van der Waals surface area contributed by atoms with E-state index in [9.17, 15) is 9.59 Å². The van der Waals surface area contributed by atoms with Gasteiger partial charge in [0.05, 0.1) is 11.9 Å². The van der Waals surface area contributed by atoms with Crippen LogP contribution in [-0.2, 0) is 29.0 Å². The number of aromatic nitrogens is 1. The fourth-order valence-electron chi connectivity index (χ4n) is 3.46. The van der Waals surface area contributed by atoms with E-state index in [1.807, 2.05) is 37.3 Å². The highest BCUT2D eigenvalue weighted by Crippen LogP contribution is 2.35. The summed E-state index contributed by atoms with van der Waals surface area (Å²) in [6.07, 6.45) is 0.851. The van der Waals surface area contributed by atoms with Crippen molar-refractivity contribution in [2.24, 2.45) is 5.73 Å². The van der Waals surface area contributed by atoms with Crippen LogP contribution in [0, 0.1) is 0 Å². The zero-order valence-electron chi connectivity index (χ0n) is 15.0. The second-order valence-corrected chi connectivity index (χ2v) is 6.24. The van der Waals surface area contributed by atoms with Crippen LogP contribution in [0.1, 0.15) is 30.7 Å². The van der Waals surface area contributed by atoms with Gasteiger partial charge in [0, 0.05) is 24.5 Å². The minimum absolute atomic E-state index is 0.111. The maximum Gasteiger partial charge on any atom is 0.308 e. The van der Waals surface area contributed by atoms with Crippen molar-refractivity contribution in [1.82, 2.24) is 4.57 Å².